The predicted octanol–water partition coefficient (Wildman–Crippen LogP) is 35.7. The van der Waals surface area contributed by atoms with Crippen LogP contribution in [0.1, 0.15) is 12.5 Å². The van der Waals surface area contributed by atoms with Crippen LogP contribution in [0.15, 0.2) is 461 Å². The van der Waals surface area contributed by atoms with Crippen LogP contribution in [0.5, 0.6) is 5.75 Å². The Balaban J connectivity index is 0.000000108. The fraction of sp³-hybridized carbons (Fsp3) is 0.0154. The molecule has 0 unspecified atom stereocenters. The van der Waals surface area contributed by atoms with Gasteiger partial charge >= 0.3 is 0 Å². The van der Waals surface area contributed by atoms with Gasteiger partial charge in [0.25, 0.3) is 0 Å². The number of hydrogen-bond acceptors (Lipinski definition) is 10. The molecule has 13 heteroatoms. The number of nitrogens with zero attached hydrogens (tertiary/aromatic N) is 9. The van der Waals surface area contributed by atoms with Gasteiger partial charge in [-0.2, -0.15) is 19.9 Å². The Hall–Kier alpha value is -18.0. The average Bonchev–Trinajstić information content (AvgIpc) is 1.54. The van der Waals surface area contributed by atoms with Crippen LogP contribution in [-0.4, -0.2) is 50.7 Å². The van der Waals surface area contributed by atoms with Crippen LogP contribution in [0, 0.1) is 0 Å². The van der Waals surface area contributed by atoms with Crippen LogP contribution >= 0.6 is 34.0 Å². The molecule has 143 heavy (non-hydrogen) atoms. The molecule has 10 nitrogen and oxygen atoms in total. The molecule has 0 aliphatic carbocycles. The minimum absolute atomic E-state index is 0.571. The molecule has 8 aromatic heterocycles. The van der Waals surface area contributed by atoms with Gasteiger partial charge in [-0.15, -0.1) is 34.0 Å². The highest BCUT2D eigenvalue weighted by molar-refractivity contribution is 7.28. The molecule has 0 amide bonds. The van der Waals surface area contributed by atoms with Crippen LogP contribution < -0.4 is 4.74 Å². The van der Waals surface area contributed by atoms with Crippen molar-refractivity contribution < 1.29 is 4.74 Å². The molecule has 0 N–H and O–H groups in total. The molecule has 0 saturated heterocycles. The maximum Gasteiger partial charge on any atom is 0.238 e. The SMILES string of the molecule is C/C=C/c1ccc2c(c1)c1c3ccccc3c3c4cc(-c5ccccc5)ccc4sc3c1n2-c1nc(-c2ccccc2)nc(-c2ccccc2)n1.COc1ccc2c(c1)c1c3ccccc3c3c4cc(-c5ccccc5)ccc4sc3c1n2-c1nc(-c2ccccc2)nc(-c2ccccc2)n1.c1ccc(-c2ccc3sc4c(c3c2)c2ccccc2c2c3cc(-c5ccccc5)ccc3n(-c3ccccc3)c42)cc1. The highest BCUT2D eigenvalue weighted by Crippen LogP contribution is 2.54. The van der Waals surface area contributed by atoms with E-state index in [1.54, 1.807) is 7.11 Å². The zero-order valence-electron chi connectivity index (χ0n) is 77.6. The van der Waals surface area contributed by atoms with E-state index in [0.29, 0.717) is 35.2 Å². The zero-order valence-corrected chi connectivity index (χ0v) is 80.1. The van der Waals surface area contributed by atoms with Crippen LogP contribution in [0.3, 0.4) is 0 Å². The first-order valence-electron chi connectivity index (χ1n) is 48.1. The predicted molar refractivity (Wildman–Crippen MR) is 605 cm³/mol. The molecule has 0 bridgehead atoms. The van der Waals surface area contributed by atoms with Gasteiger partial charge in [-0.05, 0) is 180 Å². The maximum atomic E-state index is 5.79. The van der Waals surface area contributed by atoms with Gasteiger partial charge in [-0.25, -0.2) is 9.97 Å². The molecule has 672 valence electrons. The molecule has 0 radical (unpaired) electrons. The third-order valence-electron chi connectivity index (χ3n) is 27.8. The molecular weight excluding hydrogens is 1800 g/mol. The number of hydrogen-bond donors (Lipinski definition) is 0. The molecule has 0 atom stereocenters. The van der Waals surface area contributed by atoms with Gasteiger partial charge in [0.05, 0.1) is 54.3 Å². The summed E-state index contributed by atoms with van der Waals surface area (Å²) < 4.78 is 20.4. The van der Waals surface area contributed by atoms with E-state index in [-0.39, 0.29) is 0 Å². The van der Waals surface area contributed by atoms with Crippen LogP contribution in [0.2, 0.25) is 0 Å². The molecule has 0 fully saturated rings. The van der Waals surface area contributed by atoms with Gasteiger partial charge in [0.15, 0.2) is 23.3 Å². The van der Waals surface area contributed by atoms with E-state index < -0.39 is 0 Å². The number of aromatic nitrogens is 9. The van der Waals surface area contributed by atoms with Crippen molar-refractivity contribution >= 4 is 198 Å². The minimum atomic E-state index is 0.571. The lowest BCUT2D eigenvalue weighted by molar-refractivity contribution is 0.415. The summed E-state index contributed by atoms with van der Waals surface area (Å²) in [6.07, 6.45) is 4.26. The third kappa shape index (κ3) is 14.4. The lowest BCUT2D eigenvalue weighted by Gasteiger charge is -2.12. The topological polar surface area (TPSA) is 101 Å². The number of para-hydroxylation sites is 1. The Morgan fingerprint density at radius 3 is 0.818 bits per heavy atom. The van der Waals surface area contributed by atoms with E-state index in [2.05, 4.69) is 385 Å². The van der Waals surface area contributed by atoms with Crippen LogP contribution in [0.25, 0.3) is 272 Å². The molecule has 29 aromatic rings. The lowest BCUT2D eigenvalue weighted by atomic mass is 9.96. The van der Waals surface area contributed by atoms with Gasteiger partial charge in [0.1, 0.15) is 5.75 Å². The van der Waals surface area contributed by atoms with Gasteiger partial charge in [-0.3, -0.25) is 9.13 Å². The summed E-state index contributed by atoms with van der Waals surface area (Å²) in [6.45, 7) is 2.06. The first-order valence-corrected chi connectivity index (χ1v) is 50.5. The molecule has 0 spiro atoms. The number of thiophene rings is 3. The molecule has 8 heterocycles. The zero-order chi connectivity index (χ0) is 94.7. The normalized spacial score (nSPS) is 11.8. The van der Waals surface area contributed by atoms with Crippen molar-refractivity contribution in [3.63, 3.8) is 0 Å². The second-order valence-electron chi connectivity index (χ2n) is 36.1. The van der Waals surface area contributed by atoms with Crippen molar-refractivity contribution in [2.45, 2.75) is 6.92 Å². The van der Waals surface area contributed by atoms with Crippen molar-refractivity contribution in [3.8, 4) is 113 Å². The van der Waals surface area contributed by atoms with Gasteiger partial charge < -0.3 is 9.30 Å². The largest absolute Gasteiger partial charge is 0.497 e. The molecule has 21 aromatic carbocycles. The molecule has 0 saturated carbocycles. The van der Waals surface area contributed by atoms with E-state index in [0.717, 1.165) is 66.4 Å². The van der Waals surface area contributed by atoms with Gasteiger partial charge in [-0.1, -0.05) is 376 Å². The Labute approximate surface area is 834 Å². The first kappa shape index (κ1) is 84.3. The van der Waals surface area contributed by atoms with E-state index in [1.165, 1.54) is 176 Å². The Kier molecular flexibility index (Phi) is 20.7. The number of rotatable bonds is 13. The van der Waals surface area contributed by atoms with Crippen LogP contribution in [-0.2, 0) is 0 Å². The molecule has 0 aliphatic heterocycles. The second kappa shape index (κ2) is 35.2. The maximum absolute atomic E-state index is 5.79. The monoisotopic (exact) mass is 1880 g/mol. The smallest absolute Gasteiger partial charge is 0.238 e. The Morgan fingerprint density at radius 1 is 0.217 bits per heavy atom. The summed E-state index contributed by atoms with van der Waals surface area (Å²) in [5.74, 6) is 4.50. The van der Waals surface area contributed by atoms with E-state index in [1.807, 2.05) is 137 Å². The van der Waals surface area contributed by atoms with E-state index in [4.69, 9.17) is 34.6 Å². The molecular formula is C130H83N9OS3. The summed E-state index contributed by atoms with van der Waals surface area (Å²) in [5.41, 5.74) is 22.7. The number of ether oxygens (including phenoxy) is 1. The van der Waals surface area contributed by atoms with Crippen molar-refractivity contribution in [2.75, 3.05) is 7.11 Å². The van der Waals surface area contributed by atoms with Crippen molar-refractivity contribution in [2.24, 2.45) is 0 Å². The second-order valence-corrected chi connectivity index (χ2v) is 39.2. The molecule has 29 rings (SSSR count). The van der Waals surface area contributed by atoms with E-state index >= 15 is 0 Å². The first-order chi connectivity index (χ1) is 70.8. The number of benzene rings is 21. The van der Waals surface area contributed by atoms with Crippen LogP contribution in [0.4, 0.5) is 0 Å². The summed E-state index contributed by atoms with van der Waals surface area (Å²) >= 11 is 5.58. The van der Waals surface area contributed by atoms with Gasteiger partial charge in [0, 0.05) is 107 Å². The molecule has 0 aliphatic rings. The summed E-state index contributed by atoms with van der Waals surface area (Å²) in [7, 11) is 1.72. The third-order valence-corrected chi connectivity index (χ3v) is 31.3. The number of fused-ring (bicyclic) bond motifs is 30. The average molecular weight is 1880 g/mol. The Morgan fingerprint density at radius 2 is 0.483 bits per heavy atom. The summed E-state index contributed by atoms with van der Waals surface area (Å²) in [4.78, 5) is 31.0. The minimum Gasteiger partial charge on any atom is -0.497 e. The van der Waals surface area contributed by atoms with E-state index in [9.17, 15) is 0 Å². The summed E-state index contributed by atoms with van der Waals surface area (Å²) in [5, 5.41) is 22.4. The standard InChI is InChI=1S/C46H30N4S.C44H28N4OS.C40H25NS/c1-2-14-29-23-25-38-36(27-29)40-34-21-12-13-22-35(34)41-37-28-33(30-15-6-3-7-16-30)24-26-39(37)51-43(41)42(40)50(38)46-48-44(31-17-8-4-9-18-31)47-45(49-46)32-19-10-5-11-20-32;1-49-31-22-23-36-34(26-31)38-32-19-11-12-20-33(32)39-35-25-30(27-13-5-2-6-14-27)21-24-37(35)50-41(39)40(38)48(36)44-46-42(28-15-7-3-8-16-28)45-43(47-44)29-17-9-4-10-18-29;1-4-12-26(13-5-1)28-20-22-35-33(24-28)37-31-18-10-11-19-32(31)38-34-25-29(27-14-6-2-7-15-27)21-23-36(34)42-40(38)39(37)41(35)30-16-8-3-9-17-30/h2-28H,1H3;2-26H,1H3;1-25H/b14-2+;;. The fourth-order valence-corrected chi connectivity index (χ4v) is 25.1. The highest BCUT2D eigenvalue weighted by Gasteiger charge is 2.30. The highest BCUT2D eigenvalue weighted by atomic mass is 32.1. The van der Waals surface area contributed by atoms with Crippen molar-refractivity contribution in [1.29, 1.82) is 0 Å². The number of allylic oxidation sites excluding steroid dienone is 1. The van der Waals surface area contributed by atoms with Crippen molar-refractivity contribution in [3.05, 3.63) is 467 Å². The Bertz CT molecular complexity index is 10000. The summed E-state index contributed by atoms with van der Waals surface area (Å²) in [6, 6.07) is 162. The lowest BCUT2D eigenvalue weighted by Crippen LogP contribution is -2.06. The van der Waals surface area contributed by atoms with Crippen molar-refractivity contribution in [1.82, 2.24) is 43.6 Å². The number of methoxy groups -OCH3 is 1. The quantitative estimate of drug-likeness (QED) is 0.113. The fourth-order valence-electron chi connectivity index (χ4n) is 21.4. The van der Waals surface area contributed by atoms with Gasteiger partial charge in [0.2, 0.25) is 11.9 Å².